The van der Waals surface area contributed by atoms with Crippen molar-refractivity contribution in [2.45, 2.75) is 26.9 Å². The maximum Gasteiger partial charge on any atom is 0.371 e. The molecule has 0 fully saturated rings. The van der Waals surface area contributed by atoms with Crippen molar-refractivity contribution in [1.29, 1.82) is 0 Å². The van der Waals surface area contributed by atoms with Crippen LogP contribution in [0.25, 0.3) is 0 Å². The maximum atomic E-state index is 11.9. The van der Waals surface area contributed by atoms with Crippen molar-refractivity contribution >= 4 is 24.1 Å². The third-order valence-corrected chi connectivity index (χ3v) is 5.13. The number of ether oxygens (including phenoxy) is 1. The summed E-state index contributed by atoms with van der Waals surface area (Å²) in [6.45, 7) is 2.02. The summed E-state index contributed by atoms with van der Waals surface area (Å²) in [6.07, 6.45) is -0.241. The average Bonchev–Trinajstić information content (AvgIpc) is 2.27. The van der Waals surface area contributed by atoms with Gasteiger partial charge >= 0.3 is 12.7 Å². The van der Waals surface area contributed by atoms with Crippen LogP contribution >= 0.6 is 18.1 Å². The number of rotatable bonds is 6. The van der Waals surface area contributed by atoms with Gasteiger partial charge in [-0.05, 0) is 37.4 Å². The van der Waals surface area contributed by atoms with Gasteiger partial charge in [0, 0.05) is 5.75 Å². The van der Waals surface area contributed by atoms with Gasteiger partial charge in [-0.1, -0.05) is 19.1 Å². The quantitative estimate of drug-likeness (QED) is 0.640. The average molecular weight is 303 g/mol. The lowest BCUT2D eigenvalue weighted by Crippen LogP contribution is -2.13. The predicted molar refractivity (Wildman–Crippen MR) is 77.5 cm³/mol. The van der Waals surface area contributed by atoms with Crippen LogP contribution in [0.3, 0.4) is 0 Å². The monoisotopic (exact) mass is 303 g/mol. The molecule has 106 valence electrons. The van der Waals surface area contributed by atoms with Crippen LogP contribution in [0, 0.1) is 0 Å². The van der Waals surface area contributed by atoms with Crippen molar-refractivity contribution in [2.24, 2.45) is 5.50 Å². The van der Waals surface area contributed by atoms with Gasteiger partial charge in [0.05, 0.1) is 6.10 Å². The van der Waals surface area contributed by atoms with E-state index in [2.05, 4.69) is 0 Å². The van der Waals surface area contributed by atoms with Crippen LogP contribution in [-0.2, 0) is 9.30 Å². The lowest BCUT2D eigenvalue weighted by molar-refractivity contribution is 0.0376. The Balaban J connectivity index is 2.96. The Bertz CT molecular complexity index is 492. The van der Waals surface area contributed by atoms with Crippen LogP contribution in [0.4, 0.5) is 0 Å². The predicted octanol–water partition coefficient (Wildman–Crippen LogP) is 3.45. The van der Waals surface area contributed by atoms with E-state index in [1.54, 1.807) is 38.1 Å². The van der Waals surface area contributed by atoms with E-state index in [9.17, 15) is 9.36 Å². The SMILES string of the molecule is CCSP(N)(=O)Oc1ccccc1C(=O)OC(C)C. The summed E-state index contributed by atoms with van der Waals surface area (Å²) >= 11 is 1.02. The highest BCUT2D eigenvalue weighted by Crippen LogP contribution is 2.52. The van der Waals surface area contributed by atoms with Crippen molar-refractivity contribution in [3.8, 4) is 5.75 Å². The molecule has 0 aliphatic carbocycles. The van der Waals surface area contributed by atoms with Crippen LogP contribution in [-0.4, -0.2) is 17.8 Å². The highest BCUT2D eigenvalue weighted by molar-refractivity contribution is 8.56. The molecule has 0 spiro atoms. The second kappa shape index (κ2) is 6.98. The van der Waals surface area contributed by atoms with Crippen LogP contribution in [0.15, 0.2) is 24.3 Å². The number of nitrogens with two attached hydrogens (primary N) is 1. The molecule has 0 aliphatic rings. The van der Waals surface area contributed by atoms with E-state index in [1.807, 2.05) is 6.92 Å². The van der Waals surface area contributed by atoms with E-state index in [0.29, 0.717) is 5.75 Å². The van der Waals surface area contributed by atoms with Crippen LogP contribution < -0.4 is 10.0 Å². The molecule has 1 atom stereocenters. The van der Waals surface area contributed by atoms with Gasteiger partial charge in [-0.3, -0.25) is 0 Å². The van der Waals surface area contributed by atoms with Gasteiger partial charge in [-0.2, -0.15) is 0 Å². The normalized spacial score (nSPS) is 13.9. The van der Waals surface area contributed by atoms with Gasteiger partial charge in [0.15, 0.2) is 0 Å². The smallest absolute Gasteiger partial charge is 0.371 e. The molecule has 19 heavy (non-hydrogen) atoms. The minimum Gasteiger partial charge on any atom is -0.459 e. The zero-order valence-corrected chi connectivity index (χ0v) is 12.9. The number of benzene rings is 1. The van der Waals surface area contributed by atoms with Crippen LogP contribution in [0.5, 0.6) is 5.75 Å². The van der Waals surface area contributed by atoms with Crippen molar-refractivity contribution in [3.05, 3.63) is 29.8 Å². The first-order valence-corrected chi connectivity index (χ1v) is 9.17. The second-order valence-corrected chi connectivity index (χ2v) is 8.40. The molecule has 7 heteroatoms. The van der Waals surface area contributed by atoms with Crippen LogP contribution in [0.2, 0.25) is 0 Å². The molecule has 0 bridgehead atoms. The topological polar surface area (TPSA) is 78.6 Å². The fraction of sp³-hybridized carbons (Fsp3) is 0.417. The summed E-state index contributed by atoms with van der Waals surface area (Å²) in [6, 6.07) is 6.46. The highest BCUT2D eigenvalue weighted by atomic mass is 32.7. The lowest BCUT2D eigenvalue weighted by Gasteiger charge is -2.16. The summed E-state index contributed by atoms with van der Waals surface area (Å²) in [4.78, 5) is 11.9. The van der Waals surface area contributed by atoms with Crippen molar-refractivity contribution in [3.63, 3.8) is 0 Å². The van der Waals surface area contributed by atoms with E-state index in [1.165, 1.54) is 0 Å². The lowest BCUT2D eigenvalue weighted by atomic mass is 10.2. The van der Waals surface area contributed by atoms with Gasteiger partial charge in [-0.15, -0.1) is 0 Å². The summed E-state index contributed by atoms with van der Waals surface area (Å²) in [5.74, 6) is 0.221. The molecular formula is C12H18NO4PS. The molecule has 0 radical (unpaired) electrons. The van der Waals surface area contributed by atoms with E-state index in [-0.39, 0.29) is 17.4 Å². The first kappa shape index (κ1) is 16.1. The molecule has 5 nitrogen and oxygen atoms in total. The molecule has 1 rings (SSSR count). The van der Waals surface area contributed by atoms with Gasteiger partial charge in [0.25, 0.3) is 0 Å². The molecule has 0 aromatic heterocycles. The van der Waals surface area contributed by atoms with Gasteiger partial charge in [-0.25, -0.2) is 14.9 Å². The van der Waals surface area contributed by atoms with Crippen LogP contribution in [0.1, 0.15) is 31.1 Å². The van der Waals surface area contributed by atoms with E-state index >= 15 is 0 Å². The van der Waals surface area contributed by atoms with Gasteiger partial charge in [0.1, 0.15) is 11.3 Å². The first-order chi connectivity index (χ1) is 8.85. The molecular weight excluding hydrogens is 285 g/mol. The Morgan fingerprint density at radius 1 is 1.42 bits per heavy atom. The molecule has 0 heterocycles. The third-order valence-electron chi connectivity index (χ3n) is 1.98. The first-order valence-electron chi connectivity index (χ1n) is 5.88. The molecule has 1 aromatic rings. The fourth-order valence-corrected chi connectivity index (χ4v) is 3.66. The van der Waals surface area contributed by atoms with E-state index < -0.39 is 12.7 Å². The minimum atomic E-state index is -3.31. The Hall–Kier alpha value is -0.970. The van der Waals surface area contributed by atoms with E-state index in [4.69, 9.17) is 14.8 Å². The molecule has 0 aliphatic heterocycles. The summed E-state index contributed by atoms with van der Waals surface area (Å²) in [7, 11) is 0. The molecule has 0 saturated carbocycles. The number of hydrogen-bond donors (Lipinski definition) is 1. The molecule has 0 amide bonds. The Morgan fingerprint density at radius 2 is 2.05 bits per heavy atom. The van der Waals surface area contributed by atoms with Crippen molar-refractivity contribution < 1.29 is 18.6 Å². The largest absolute Gasteiger partial charge is 0.459 e. The number of carbonyl (C=O) groups is 1. The second-order valence-electron chi connectivity index (χ2n) is 4.00. The summed E-state index contributed by atoms with van der Waals surface area (Å²) < 4.78 is 22.3. The standard InChI is InChI=1S/C12H18NO4PS/c1-4-19-18(13,15)17-11-8-6-5-7-10(11)12(14)16-9(2)3/h5-9H,4H2,1-3H3,(H2,13,15). The molecule has 1 aromatic carbocycles. The number of carbonyl (C=O) groups excluding carboxylic acids is 1. The number of hydrogen-bond acceptors (Lipinski definition) is 5. The van der Waals surface area contributed by atoms with E-state index in [0.717, 1.165) is 11.4 Å². The Kier molecular flexibility index (Phi) is 5.91. The van der Waals surface area contributed by atoms with Gasteiger partial charge in [0.2, 0.25) is 0 Å². The summed E-state index contributed by atoms with van der Waals surface area (Å²) in [5.41, 5.74) is 5.79. The zero-order valence-electron chi connectivity index (χ0n) is 11.2. The molecule has 0 saturated heterocycles. The Labute approximate surface area is 117 Å². The Morgan fingerprint density at radius 3 is 2.63 bits per heavy atom. The van der Waals surface area contributed by atoms with Gasteiger partial charge < -0.3 is 9.26 Å². The molecule has 2 N–H and O–H groups in total. The molecule has 1 unspecified atom stereocenters. The fourth-order valence-electron chi connectivity index (χ4n) is 1.34. The number of esters is 1. The zero-order chi connectivity index (χ0) is 14.5. The number of para-hydroxylation sites is 1. The van der Waals surface area contributed by atoms with Crippen molar-refractivity contribution in [2.75, 3.05) is 5.75 Å². The highest BCUT2D eigenvalue weighted by Gasteiger charge is 2.23. The van der Waals surface area contributed by atoms with Crippen molar-refractivity contribution in [1.82, 2.24) is 0 Å². The maximum absolute atomic E-state index is 11.9. The summed E-state index contributed by atoms with van der Waals surface area (Å²) in [5, 5.41) is 0. The minimum absolute atomic E-state index is 0.180. The third kappa shape index (κ3) is 5.27.